The fraction of sp³-hybridized carbons (Fsp3) is 0.294. The van der Waals surface area contributed by atoms with E-state index in [1.165, 1.54) is 79.4 Å². The second-order valence-electron chi connectivity index (χ2n) is 10.2. The number of allylic oxidation sites excluding steroid dienone is 4. The molecule has 0 N–H and O–H groups in total. The minimum Gasteiger partial charge on any atom is -1.00 e. The molecule has 4 aromatic rings. The van der Waals surface area contributed by atoms with Gasteiger partial charge in [0.1, 0.15) is 0 Å². The number of hydrogen-bond acceptors (Lipinski definition) is 0. The molecule has 0 amide bonds. The quantitative estimate of drug-likeness (QED) is 0.311. The Kier molecular flexibility index (Phi) is 14.7. The van der Waals surface area contributed by atoms with Gasteiger partial charge in [0.25, 0.3) is 0 Å². The summed E-state index contributed by atoms with van der Waals surface area (Å²) in [6.07, 6.45) is 11.9. The van der Waals surface area contributed by atoms with Crippen LogP contribution in [0.25, 0.3) is 21.5 Å². The summed E-state index contributed by atoms with van der Waals surface area (Å²) < 4.78 is 1.46. The van der Waals surface area contributed by atoms with E-state index < -0.39 is 0 Å². The monoisotopic (exact) mass is 606 g/mol. The van der Waals surface area contributed by atoms with Gasteiger partial charge in [-0.2, -0.15) is 11.6 Å². The summed E-state index contributed by atoms with van der Waals surface area (Å²) in [5.74, 6) is 0.592. The zero-order chi connectivity index (χ0) is 25.3. The molecule has 0 nitrogen and oxygen atoms in total. The predicted octanol–water partition coefficient (Wildman–Crippen LogP) is 3.63. The van der Waals surface area contributed by atoms with E-state index in [4.69, 9.17) is 0 Å². The van der Waals surface area contributed by atoms with Gasteiger partial charge in [0.15, 0.2) is 0 Å². The third-order valence-corrected chi connectivity index (χ3v) is 7.01. The first-order valence-electron chi connectivity index (χ1n) is 12.7. The maximum atomic E-state index is 3.43. The first kappa shape index (κ1) is 33.4. The Bertz CT molecular complexity index is 1240. The second-order valence-corrected chi connectivity index (χ2v) is 12.1. The molecule has 0 aliphatic heterocycles. The first-order chi connectivity index (χ1) is 16.8. The van der Waals surface area contributed by atoms with Crippen molar-refractivity contribution in [2.75, 3.05) is 0 Å². The number of rotatable bonds is 4. The zero-order valence-corrected chi connectivity index (χ0v) is 26.7. The van der Waals surface area contributed by atoms with Gasteiger partial charge < -0.3 is 24.8 Å². The van der Waals surface area contributed by atoms with Crippen LogP contribution in [0.5, 0.6) is 0 Å². The Hall–Kier alpha value is -1.66. The molecule has 0 aromatic heterocycles. The number of fused-ring (bicyclic) bond motifs is 3. The van der Waals surface area contributed by atoms with Gasteiger partial charge in [-0.05, 0) is 0 Å². The van der Waals surface area contributed by atoms with E-state index in [-0.39, 0.29) is 24.8 Å². The van der Waals surface area contributed by atoms with Gasteiger partial charge in [0.2, 0.25) is 0 Å². The molecule has 1 unspecified atom stereocenters. The SMILES string of the molecule is CCCCC1[C-]=CC(C(C)(C)C)=C1.C[C](=[Zr+2])c1ccccc1.[Cl-].[Cl-].c1ccc2c(c1)[cH-]c1ccccc12. The summed E-state index contributed by atoms with van der Waals surface area (Å²) in [5.41, 5.74) is 3.12. The van der Waals surface area contributed by atoms with Crippen LogP contribution < -0.4 is 24.8 Å². The Morgan fingerprint density at radius 3 is 1.78 bits per heavy atom. The maximum absolute atomic E-state index is 3.43. The Labute approximate surface area is 251 Å². The smallest absolute Gasteiger partial charge is 0.0771 e. The summed E-state index contributed by atoms with van der Waals surface area (Å²) >= 11 is 1.51. The van der Waals surface area contributed by atoms with Crippen LogP contribution in [0, 0.1) is 17.4 Å². The molecule has 1 aliphatic rings. The van der Waals surface area contributed by atoms with Crippen molar-refractivity contribution in [3.8, 4) is 0 Å². The van der Waals surface area contributed by atoms with E-state index >= 15 is 0 Å². The summed E-state index contributed by atoms with van der Waals surface area (Å²) in [4.78, 5) is 0. The second kappa shape index (κ2) is 16.3. The molecule has 4 aromatic carbocycles. The standard InChI is InChI=1S/C13H9.C13H21.C8H8.2ClH.Zr/c1-3-7-12-10(5-1)9-11-6-2-4-8-13(11)12;1-5-6-7-11-8-9-12(10-11)13(2,3)4;1-2-8-6-4-3-5-7-8;;;/h1-9H;9-11H,5-7H2,1-4H3;3-7H,1H3;2*1H;/q2*-1;;;;+2/p-2. The van der Waals surface area contributed by atoms with E-state index in [2.05, 4.69) is 132 Å². The molecular weight excluding hydrogens is 571 g/mol. The van der Waals surface area contributed by atoms with E-state index in [1.807, 2.05) is 6.07 Å². The number of unbranched alkanes of at least 4 members (excludes halogenated alkanes) is 1. The molecule has 0 saturated carbocycles. The molecule has 1 aliphatic carbocycles. The molecule has 0 heterocycles. The summed E-state index contributed by atoms with van der Waals surface area (Å²) in [5, 5.41) is 5.39. The van der Waals surface area contributed by atoms with Crippen molar-refractivity contribution in [1.29, 1.82) is 0 Å². The zero-order valence-electron chi connectivity index (χ0n) is 22.7. The van der Waals surface area contributed by atoms with Gasteiger partial charge >= 0.3 is 70.3 Å². The summed E-state index contributed by atoms with van der Waals surface area (Å²) in [6, 6.07) is 29.7. The van der Waals surface area contributed by atoms with Gasteiger partial charge in [-0.15, -0.1) is 39.7 Å². The summed E-state index contributed by atoms with van der Waals surface area (Å²) in [7, 11) is 0. The van der Waals surface area contributed by atoms with E-state index in [1.54, 1.807) is 0 Å². The van der Waals surface area contributed by atoms with Crippen molar-refractivity contribution in [1.82, 2.24) is 0 Å². The number of benzene rings is 3. The molecule has 194 valence electrons. The van der Waals surface area contributed by atoms with Crippen LogP contribution in [-0.2, 0) is 24.2 Å². The predicted molar refractivity (Wildman–Crippen MR) is 152 cm³/mol. The fourth-order valence-corrected chi connectivity index (χ4v) is 4.57. The molecular formula is C34H38Cl2Zr-2. The van der Waals surface area contributed by atoms with Gasteiger partial charge in [0.05, 0.1) is 0 Å². The normalized spacial score (nSPS) is 13.9. The molecule has 3 heteroatoms. The first-order valence-corrected chi connectivity index (χ1v) is 14.0. The molecule has 0 fully saturated rings. The van der Waals surface area contributed by atoms with Crippen LogP contribution in [0.15, 0.2) is 103 Å². The summed E-state index contributed by atoms with van der Waals surface area (Å²) in [6.45, 7) is 11.2. The van der Waals surface area contributed by atoms with Crippen molar-refractivity contribution in [2.45, 2.75) is 53.9 Å². The molecule has 0 bridgehead atoms. The van der Waals surface area contributed by atoms with Gasteiger partial charge in [0, 0.05) is 0 Å². The topological polar surface area (TPSA) is 0 Å². The number of hydrogen-bond donors (Lipinski definition) is 0. The molecule has 0 saturated heterocycles. The van der Waals surface area contributed by atoms with Crippen molar-refractivity contribution in [3.63, 3.8) is 0 Å². The largest absolute Gasteiger partial charge is 1.00 e. The van der Waals surface area contributed by atoms with Crippen molar-refractivity contribution < 1.29 is 49.0 Å². The Morgan fingerprint density at radius 1 is 0.838 bits per heavy atom. The average Bonchev–Trinajstić information content (AvgIpc) is 3.49. The van der Waals surface area contributed by atoms with Gasteiger partial charge in [-0.25, -0.2) is 6.08 Å². The van der Waals surface area contributed by atoms with Crippen molar-refractivity contribution >= 4 is 24.8 Å². The van der Waals surface area contributed by atoms with E-state index in [0.29, 0.717) is 11.3 Å². The third kappa shape index (κ3) is 10.2. The minimum atomic E-state index is 0. The number of halogens is 2. The third-order valence-electron chi connectivity index (χ3n) is 6.30. The van der Waals surface area contributed by atoms with E-state index in [0.717, 1.165) is 0 Å². The molecule has 0 radical (unpaired) electrons. The maximum Gasteiger partial charge on any atom is -0.0771 e. The van der Waals surface area contributed by atoms with Crippen LogP contribution in [0.3, 0.4) is 0 Å². The van der Waals surface area contributed by atoms with Crippen LogP contribution in [0.1, 0.15) is 59.4 Å². The molecule has 5 rings (SSSR count). The molecule has 0 spiro atoms. The minimum absolute atomic E-state index is 0. The van der Waals surface area contributed by atoms with Crippen LogP contribution in [-0.4, -0.2) is 3.21 Å². The van der Waals surface area contributed by atoms with Crippen molar-refractivity contribution in [3.05, 3.63) is 114 Å². The van der Waals surface area contributed by atoms with Gasteiger partial charge in [-0.1, -0.05) is 94.7 Å². The van der Waals surface area contributed by atoms with Crippen molar-refractivity contribution in [2.24, 2.45) is 11.3 Å². The molecule has 1 atom stereocenters. The van der Waals surface area contributed by atoms with Crippen LogP contribution >= 0.6 is 0 Å². The van der Waals surface area contributed by atoms with Gasteiger partial charge in [-0.3, -0.25) is 6.08 Å². The average molecular weight is 609 g/mol. The van der Waals surface area contributed by atoms with Crippen LogP contribution in [0.2, 0.25) is 0 Å². The van der Waals surface area contributed by atoms with E-state index in [9.17, 15) is 0 Å². The Morgan fingerprint density at radius 2 is 1.35 bits per heavy atom. The molecule has 37 heavy (non-hydrogen) atoms. The van der Waals surface area contributed by atoms with Crippen LogP contribution in [0.4, 0.5) is 0 Å². The Balaban J connectivity index is 0.000000275. The fourth-order valence-electron chi connectivity index (χ4n) is 4.16.